The molecule has 3 N–H and O–H groups in total. The van der Waals surface area contributed by atoms with Gasteiger partial charge in [0.25, 0.3) is 5.91 Å². The Morgan fingerprint density at radius 3 is 2.75 bits per heavy atom. The molecule has 1 aliphatic heterocycles. The minimum absolute atomic E-state index is 0.264. The molecule has 1 aromatic rings. The average Bonchev–Trinajstić information content (AvgIpc) is 2.25. The number of benzene rings is 1. The molecule has 0 saturated carbocycles. The normalized spacial score (nSPS) is 20.3. The Balaban J connectivity index is 2.39. The van der Waals surface area contributed by atoms with Crippen LogP contribution < -0.4 is 11.1 Å². The van der Waals surface area contributed by atoms with Crippen LogP contribution in [0.25, 0.3) is 0 Å². The van der Waals surface area contributed by atoms with Gasteiger partial charge in [-0.3, -0.25) is 9.59 Å². The molecule has 0 spiro atoms. The highest BCUT2D eigenvalue weighted by atomic mass is 16.2. The lowest BCUT2D eigenvalue weighted by atomic mass is 10.1. The van der Waals surface area contributed by atoms with E-state index in [0.29, 0.717) is 11.3 Å². The fourth-order valence-electron chi connectivity index (χ4n) is 1.39. The molecule has 1 atom stereocenters. The molecule has 2 rings (SSSR count). The SMILES string of the molecule is CC1C(=O)N=C(c2cccc(N)c2)NC1=O. The van der Waals surface area contributed by atoms with E-state index < -0.39 is 11.8 Å². The van der Waals surface area contributed by atoms with Crippen molar-refractivity contribution in [2.24, 2.45) is 10.9 Å². The lowest BCUT2D eigenvalue weighted by molar-refractivity contribution is -0.132. The van der Waals surface area contributed by atoms with E-state index in [-0.39, 0.29) is 11.7 Å². The van der Waals surface area contributed by atoms with E-state index in [1.165, 1.54) is 6.92 Å². The third-order valence-corrected chi connectivity index (χ3v) is 2.39. The highest BCUT2D eigenvalue weighted by molar-refractivity contribution is 6.20. The van der Waals surface area contributed by atoms with Crippen molar-refractivity contribution in [1.82, 2.24) is 5.32 Å². The zero-order valence-electron chi connectivity index (χ0n) is 8.73. The summed E-state index contributed by atoms with van der Waals surface area (Å²) in [5.74, 6) is -1.22. The Kier molecular flexibility index (Phi) is 2.44. The van der Waals surface area contributed by atoms with E-state index in [4.69, 9.17) is 5.73 Å². The smallest absolute Gasteiger partial charge is 0.259 e. The first-order valence-electron chi connectivity index (χ1n) is 4.87. The molecule has 2 amide bonds. The number of nitrogen functional groups attached to an aromatic ring is 1. The fourth-order valence-corrected chi connectivity index (χ4v) is 1.39. The minimum Gasteiger partial charge on any atom is -0.399 e. The summed E-state index contributed by atoms with van der Waals surface area (Å²) in [5, 5.41) is 2.57. The van der Waals surface area contributed by atoms with Crippen LogP contribution >= 0.6 is 0 Å². The molecule has 0 aliphatic carbocycles. The van der Waals surface area contributed by atoms with Gasteiger partial charge in [0.05, 0.1) is 0 Å². The predicted molar refractivity (Wildman–Crippen MR) is 59.7 cm³/mol. The predicted octanol–water partition coefficient (Wildman–Crippen LogP) is 0.308. The second-order valence-corrected chi connectivity index (χ2v) is 3.64. The van der Waals surface area contributed by atoms with Gasteiger partial charge in [-0.05, 0) is 19.1 Å². The summed E-state index contributed by atoms with van der Waals surface area (Å²) in [7, 11) is 0. The molecule has 16 heavy (non-hydrogen) atoms. The third-order valence-electron chi connectivity index (χ3n) is 2.39. The van der Waals surface area contributed by atoms with E-state index in [0.717, 1.165) is 0 Å². The van der Waals surface area contributed by atoms with Crippen LogP contribution in [0.15, 0.2) is 29.3 Å². The molecule has 1 unspecified atom stereocenters. The molecule has 0 bridgehead atoms. The molecule has 0 saturated heterocycles. The molecule has 5 nitrogen and oxygen atoms in total. The molecule has 1 aromatic carbocycles. The second kappa shape index (κ2) is 3.77. The van der Waals surface area contributed by atoms with Crippen molar-refractivity contribution in [3.8, 4) is 0 Å². The summed E-state index contributed by atoms with van der Waals surface area (Å²) >= 11 is 0. The number of aliphatic imine (C=N–C) groups is 1. The number of carbonyl (C=O) groups is 2. The molecule has 1 aliphatic rings. The number of amidine groups is 1. The Morgan fingerprint density at radius 2 is 2.12 bits per heavy atom. The maximum Gasteiger partial charge on any atom is 0.259 e. The Bertz CT molecular complexity index is 494. The Labute approximate surface area is 92.4 Å². The maximum atomic E-state index is 11.4. The lowest BCUT2D eigenvalue weighted by Crippen LogP contribution is -2.43. The summed E-state index contributed by atoms with van der Waals surface area (Å²) in [6.07, 6.45) is 0. The molecule has 82 valence electrons. The summed E-state index contributed by atoms with van der Waals surface area (Å²) in [6.45, 7) is 1.53. The van der Waals surface area contributed by atoms with E-state index in [1.54, 1.807) is 24.3 Å². The van der Waals surface area contributed by atoms with Crippen molar-refractivity contribution in [3.63, 3.8) is 0 Å². The van der Waals surface area contributed by atoms with Gasteiger partial charge in [-0.1, -0.05) is 12.1 Å². The van der Waals surface area contributed by atoms with E-state index >= 15 is 0 Å². The summed E-state index contributed by atoms with van der Waals surface area (Å²) in [4.78, 5) is 26.6. The largest absolute Gasteiger partial charge is 0.399 e. The molecule has 0 radical (unpaired) electrons. The van der Waals surface area contributed by atoms with Gasteiger partial charge < -0.3 is 11.1 Å². The number of anilines is 1. The van der Waals surface area contributed by atoms with Gasteiger partial charge in [-0.2, -0.15) is 4.99 Å². The van der Waals surface area contributed by atoms with Crippen LogP contribution in [-0.2, 0) is 9.59 Å². The molecule has 0 aromatic heterocycles. The zero-order chi connectivity index (χ0) is 11.7. The highest BCUT2D eigenvalue weighted by Gasteiger charge is 2.27. The quantitative estimate of drug-likeness (QED) is 0.524. The van der Waals surface area contributed by atoms with Crippen LogP contribution in [0.3, 0.4) is 0 Å². The molecular formula is C11H11N3O2. The fraction of sp³-hybridized carbons (Fsp3) is 0.182. The van der Waals surface area contributed by atoms with Crippen LogP contribution in [0.1, 0.15) is 12.5 Å². The first-order valence-corrected chi connectivity index (χ1v) is 4.87. The van der Waals surface area contributed by atoms with E-state index in [1.807, 2.05) is 0 Å². The highest BCUT2D eigenvalue weighted by Crippen LogP contribution is 2.11. The van der Waals surface area contributed by atoms with Crippen LogP contribution in [0.2, 0.25) is 0 Å². The topological polar surface area (TPSA) is 84.6 Å². The van der Waals surface area contributed by atoms with Crippen molar-refractivity contribution in [2.45, 2.75) is 6.92 Å². The number of nitrogens with two attached hydrogens (primary N) is 1. The number of carbonyl (C=O) groups excluding carboxylic acids is 2. The standard InChI is InChI=1S/C11H11N3O2/c1-6-10(15)13-9(14-11(6)16)7-3-2-4-8(12)5-7/h2-6H,12H2,1H3,(H,13,14,15,16). The first kappa shape index (κ1) is 10.4. The summed E-state index contributed by atoms with van der Waals surface area (Å²) in [5.41, 5.74) is 6.80. The van der Waals surface area contributed by atoms with Crippen LogP contribution in [-0.4, -0.2) is 17.6 Å². The number of hydrogen-bond donors (Lipinski definition) is 2. The van der Waals surface area contributed by atoms with Gasteiger partial charge in [0.15, 0.2) is 0 Å². The molecule has 0 fully saturated rings. The van der Waals surface area contributed by atoms with Gasteiger partial charge >= 0.3 is 0 Å². The van der Waals surface area contributed by atoms with Gasteiger partial charge in [0.2, 0.25) is 5.91 Å². The number of rotatable bonds is 1. The number of nitrogens with zero attached hydrogens (tertiary/aromatic N) is 1. The number of hydrogen-bond acceptors (Lipinski definition) is 3. The molecular weight excluding hydrogens is 206 g/mol. The number of nitrogens with one attached hydrogen (secondary N) is 1. The Hall–Kier alpha value is -2.17. The Morgan fingerprint density at radius 1 is 1.38 bits per heavy atom. The third kappa shape index (κ3) is 1.79. The monoisotopic (exact) mass is 217 g/mol. The first-order chi connectivity index (χ1) is 7.58. The zero-order valence-corrected chi connectivity index (χ0v) is 8.73. The van der Waals surface area contributed by atoms with Gasteiger partial charge in [0, 0.05) is 11.3 Å². The summed E-state index contributed by atoms with van der Waals surface area (Å²) in [6, 6.07) is 6.85. The van der Waals surface area contributed by atoms with Crippen molar-refractivity contribution in [2.75, 3.05) is 5.73 Å². The van der Waals surface area contributed by atoms with Crippen molar-refractivity contribution >= 4 is 23.3 Å². The van der Waals surface area contributed by atoms with Crippen molar-refractivity contribution in [3.05, 3.63) is 29.8 Å². The minimum atomic E-state index is -0.718. The lowest BCUT2D eigenvalue weighted by Gasteiger charge is -2.17. The van der Waals surface area contributed by atoms with E-state index in [2.05, 4.69) is 10.3 Å². The van der Waals surface area contributed by atoms with Gasteiger partial charge in [0.1, 0.15) is 11.8 Å². The second-order valence-electron chi connectivity index (χ2n) is 3.64. The summed E-state index contributed by atoms with van der Waals surface area (Å²) < 4.78 is 0. The average molecular weight is 217 g/mol. The van der Waals surface area contributed by atoms with Crippen molar-refractivity contribution in [1.29, 1.82) is 0 Å². The molecule has 5 heteroatoms. The van der Waals surface area contributed by atoms with E-state index in [9.17, 15) is 9.59 Å². The van der Waals surface area contributed by atoms with Crippen LogP contribution in [0.4, 0.5) is 5.69 Å². The number of amides is 2. The molecule has 1 heterocycles. The van der Waals surface area contributed by atoms with Crippen LogP contribution in [0, 0.1) is 5.92 Å². The van der Waals surface area contributed by atoms with Gasteiger partial charge in [-0.25, -0.2) is 0 Å². The van der Waals surface area contributed by atoms with Crippen LogP contribution in [0.5, 0.6) is 0 Å². The maximum absolute atomic E-state index is 11.4. The van der Waals surface area contributed by atoms with Crippen molar-refractivity contribution < 1.29 is 9.59 Å². The van der Waals surface area contributed by atoms with Gasteiger partial charge in [-0.15, -0.1) is 0 Å².